The highest BCUT2D eigenvalue weighted by molar-refractivity contribution is 7.89. The summed E-state index contributed by atoms with van der Waals surface area (Å²) in [7, 11) is -3.65. The standard InChI is InChI=1S/C16H25NO4S/c1-11-6-7-12(2)14(8-11)22(20,21)17-10-13(9-15(18)19)16(3,4)5/h6-8,13,17H,9-10H2,1-5H3,(H,18,19). The number of nitrogens with one attached hydrogen (secondary N) is 1. The maximum atomic E-state index is 12.5. The predicted molar refractivity (Wildman–Crippen MR) is 86.3 cm³/mol. The first-order valence-electron chi connectivity index (χ1n) is 7.22. The summed E-state index contributed by atoms with van der Waals surface area (Å²) in [6.07, 6.45) is -0.0706. The van der Waals surface area contributed by atoms with Gasteiger partial charge in [-0.05, 0) is 42.4 Å². The zero-order chi connectivity index (χ0) is 17.1. The molecule has 0 aliphatic carbocycles. The minimum absolute atomic E-state index is 0.0706. The Labute approximate surface area is 132 Å². The molecule has 0 spiro atoms. The summed E-state index contributed by atoms with van der Waals surface area (Å²) in [5.74, 6) is -1.21. The van der Waals surface area contributed by atoms with Gasteiger partial charge in [-0.15, -0.1) is 0 Å². The van der Waals surface area contributed by atoms with Crippen molar-refractivity contribution in [2.45, 2.75) is 45.9 Å². The van der Waals surface area contributed by atoms with E-state index in [1.165, 1.54) is 0 Å². The third-order valence-electron chi connectivity index (χ3n) is 3.80. The zero-order valence-corrected chi connectivity index (χ0v) is 14.6. The SMILES string of the molecule is Cc1ccc(C)c(S(=O)(=O)NCC(CC(=O)O)C(C)(C)C)c1. The van der Waals surface area contributed by atoms with Crippen molar-refractivity contribution in [2.24, 2.45) is 11.3 Å². The van der Waals surface area contributed by atoms with Crippen molar-refractivity contribution < 1.29 is 18.3 Å². The number of rotatable bonds is 6. The lowest BCUT2D eigenvalue weighted by molar-refractivity contribution is -0.139. The average Bonchev–Trinajstić information content (AvgIpc) is 2.35. The third-order valence-corrected chi connectivity index (χ3v) is 5.36. The van der Waals surface area contributed by atoms with E-state index in [1.54, 1.807) is 19.1 Å². The molecule has 1 atom stereocenters. The summed E-state index contributed by atoms with van der Waals surface area (Å²) in [4.78, 5) is 11.2. The lowest BCUT2D eigenvalue weighted by atomic mass is 9.79. The Morgan fingerprint density at radius 3 is 2.36 bits per heavy atom. The first kappa shape index (κ1) is 18.6. The lowest BCUT2D eigenvalue weighted by Gasteiger charge is -2.29. The fourth-order valence-electron chi connectivity index (χ4n) is 2.18. The van der Waals surface area contributed by atoms with Crippen LogP contribution in [0.1, 0.15) is 38.3 Å². The Balaban J connectivity index is 2.96. The van der Waals surface area contributed by atoms with Gasteiger partial charge in [0.2, 0.25) is 10.0 Å². The Kier molecular flexibility index (Phi) is 5.76. The number of carbonyl (C=O) groups is 1. The van der Waals surface area contributed by atoms with Crippen LogP contribution in [-0.4, -0.2) is 26.0 Å². The molecule has 0 aliphatic heterocycles. The molecule has 1 aromatic carbocycles. The molecule has 1 unspecified atom stereocenters. The van der Waals surface area contributed by atoms with Gasteiger partial charge in [-0.1, -0.05) is 32.9 Å². The van der Waals surface area contributed by atoms with E-state index in [9.17, 15) is 13.2 Å². The van der Waals surface area contributed by atoms with Crippen LogP contribution < -0.4 is 4.72 Å². The van der Waals surface area contributed by atoms with Crippen LogP contribution >= 0.6 is 0 Å². The number of aryl methyl sites for hydroxylation is 2. The fourth-order valence-corrected chi connectivity index (χ4v) is 3.59. The van der Waals surface area contributed by atoms with E-state index in [4.69, 9.17) is 5.11 Å². The van der Waals surface area contributed by atoms with Gasteiger partial charge in [0.25, 0.3) is 0 Å². The van der Waals surface area contributed by atoms with Gasteiger partial charge in [0, 0.05) is 13.0 Å². The van der Waals surface area contributed by atoms with Crippen LogP contribution in [0.4, 0.5) is 0 Å². The maximum absolute atomic E-state index is 12.5. The minimum Gasteiger partial charge on any atom is -0.481 e. The van der Waals surface area contributed by atoms with E-state index in [0.29, 0.717) is 5.56 Å². The Morgan fingerprint density at radius 1 is 1.27 bits per heavy atom. The van der Waals surface area contributed by atoms with Crippen LogP contribution in [0.2, 0.25) is 0 Å². The molecular weight excluding hydrogens is 302 g/mol. The molecular formula is C16H25NO4S. The summed E-state index contributed by atoms with van der Waals surface area (Å²) in [6, 6.07) is 5.25. The van der Waals surface area contributed by atoms with Gasteiger partial charge in [0.1, 0.15) is 0 Å². The van der Waals surface area contributed by atoms with E-state index in [0.717, 1.165) is 5.56 Å². The van der Waals surface area contributed by atoms with Gasteiger partial charge in [0.05, 0.1) is 4.90 Å². The van der Waals surface area contributed by atoms with Crippen LogP contribution in [0.25, 0.3) is 0 Å². The largest absolute Gasteiger partial charge is 0.481 e. The van der Waals surface area contributed by atoms with Crippen LogP contribution in [0.15, 0.2) is 23.1 Å². The second-order valence-corrected chi connectivity index (χ2v) is 8.52. The fraction of sp³-hybridized carbons (Fsp3) is 0.562. The summed E-state index contributed by atoms with van der Waals surface area (Å²) in [5.41, 5.74) is 1.23. The van der Waals surface area contributed by atoms with Crippen molar-refractivity contribution in [1.82, 2.24) is 4.72 Å². The van der Waals surface area contributed by atoms with E-state index < -0.39 is 16.0 Å². The van der Waals surface area contributed by atoms with E-state index in [1.807, 2.05) is 33.8 Å². The minimum atomic E-state index is -3.65. The molecule has 22 heavy (non-hydrogen) atoms. The van der Waals surface area contributed by atoms with E-state index >= 15 is 0 Å². The van der Waals surface area contributed by atoms with Crippen LogP contribution in [0, 0.1) is 25.2 Å². The van der Waals surface area contributed by atoms with Crippen molar-refractivity contribution >= 4 is 16.0 Å². The van der Waals surface area contributed by atoms with Gasteiger partial charge in [-0.3, -0.25) is 4.79 Å². The van der Waals surface area contributed by atoms with Gasteiger partial charge in [-0.25, -0.2) is 13.1 Å². The predicted octanol–water partition coefficient (Wildman–Crippen LogP) is 2.72. The van der Waals surface area contributed by atoms with Gasteiger partial charge < -0.3 is 5.11 Å². The number of carboxylic acids is 1. The smallest absolute Gasteiger partial charge is 0.303 e. The van der Waals surface area contributed by atoms with Crippen LogP contribution in [0.5, 0.6) is 0 Å². The Morgan fingerprint density at radius 2 is 1.86 bits per heavy atom. The van der Waals surface area contributed by atoms with Gasteiger partial charge in [-0.2, -0.15) is 0 Å². The normalized spacial score (nSPS) is 13.9. The summed E-state index contributed by atoms with van der Waals surface area (Å²) in [6.45, 7) is 9.41. The molecule has 0 heterocycles. The van der Waals surface area contributed by atoms with E-state index in [2.05, 4.69) is 4.72 Å². The molecule has 0 aliphatic rings. The number of hydrogen-bond acceptors (Lipinski definition) is 3. The lowest BCUT2D eigenvalue weighted by Crippen LogP contribution is -2.36. The molecule has 0 fully saturated rings. The molecule has 0 aromatic heterocycles. The first-order chi connectivity index (χ1) is 9.93. The molecule has 2 N–H and O–H groups in total. The monoisotopic (exact) mass is 327 g/mol. The molecule has 0 bridgehead atoms. The molecule has 6 heteroatoms. The zero-order valence-electron chi connectivity index (χ0n) is 13.8. The Hall–Kier alpha value is -1.40. The third kappa shape index (κ3) is 5.10. The van der Waals surface area contributed by atoms with Crippen molar-refractivity contribution in [2.75, 3.05) is 6.54 Å². The highest BCUT2D eigenvalue weighted by atomic mass is 32.2. The quantitative estimate of drug-likeness (QED) is 0.841. The van der Waals surface area contributed by atoms with Crippen LogP contribution in [0.3, 0.4) is 0 Å². The number of hydrogen-bond donors (Lipinski definition) is 2. The topological polar surface area (TPSA) is 83.5 Å². The van der Waals surface area contributed by atoms with Gasteiger partial charge in [0.15, 0.2) is 0 Å². The van der Waals surface area contributed by atoms with E-state index in [-0.39, 0.29) is 29.2 Å². The number of benzene rings is 1. The number of carboxylic acid groups (broad SMARTS) is 1. The van der Waals surface area contributed by atoms with Gasteiger partial charge >= 0.3 is 5.97 Å². The summed E-state index contributed by atoms with van der Waals surface area (Å²) < 4.78 is 27.5. The van der Waals surface area contributed by atoms with Crippen LogP contribution in [-0.2, 0) is 14.8 Å². The molecule has 0 saturated heterocycles. The highest BCUT2D eigenvalue weighted by Gasteiger charge is 2.29. The number of aliphatic carboxylic acids is 1. The second-order valence-electron chi connectivity index (χ2n) is 6.78. The average molecular weight is 327 g/mol. The molecule has 1 rings (SSSR count). The molecule has 5 nitrogen and oxygen atoms in total. The molecule has 124 valence electrons. The van der Waals surface area contributed by atoms with Crippen molar-refractivity contribution in [1.29, 1.82) is 0 Å². The molecule has 0 amide bonds. The summed E-state index contributed by atoms with van der Waals surface area (Å²) >= 11 is 0. The maximum Gasteiger partial charge on any atom is 0.303 e. The van der Waals surface area contributed by atoms with Crippen molar-refractivity contribution in [3.05, 3.63) is 29.3 Å². The summed E-state index contributed by atoms with van der Waals surface area (Å²) in [5, 5.41) is 9.00. The molecule has 1 aromatic rings. The Bertz CT molecular complexity index is 645. The molecule has 0 saturated carbocycles. The molecule has 0 radical (unpaired) electrons. The first-order valence-corrected chi connectivity index (χ1v) is 8.70. The highest BCUT2D eigenvalue weighted by Crippen LogP contribution is 2.28. The van der Waals surface area contributed by atoms with Crippen molar-refractivity contribution in [3.8, 4) is 0 Å². The number of sulfonamides is 1. The van der Waals surface area contributed by atoms with Crippen molar-refractivity contribution in [3.63, 3.8) is 0 Å². The second kappa shape index (κ2) is 6.79.